The van der Waals surface area contributed by atoms with Crippen LogP contribution in [0.15, 0.2) is 37.2 Å². The lowest BCUT2D eigenvalue weighted by atomic mass is 9.99. The van der Waals surface area contributed by atoms with Crippen LogP contribution >= 0.6 is 11.3 Å². The number of pyridine rings is 1. The van der Waals surface area contributed by atoms with E-state index in [1.165, 1.54) is 6.08 Å². The molecule has 7 nitrogen and oxygen atoms in total. The number of thiazole rings is 1. The van der Waals surface area contributed by atoms with Gasteiger partial charge in [-0.3, -0.25) is 4.79 Å². The van der Waals surface area contributed by atoms with E-state index < -0.39 is 0 Å². The van der Waals surface area contributed by atoms with Gasteiger partial charge < -0.3 is 19.5 Å². The summed E-state index contributed by atoms with van der Waals surface area (Å²) >= 11 is 1.60. The van der Waals surface area contributed by atoms with E-state index in [9.17, 15) is 4.79 Å². The predicted octanol–water partition coefficient (Wildman–Crippen LogP) is 5.00. The summed E-state index contributed by atoms with van der Waals surface area (Å²) < 4.78 is 8.53. The molecule has 0 radical (unpaired) electrons. The number of aryl methyl sites for hydroxylation is 1. The van der Waals surface area contributed by atoms with Gasteiger partial charge >= 0.3 is 0 Å². The number of carbonyl (C=O) groups excluding carboxylic acids is 1. The van der Waals surface area contributed by atoms with Gasteiger partial charge in [0.1, 0.15) is 5.82 Å². The molecule has 0 saturated carbocycles. The van der Waals surface area contributed by atoms with Crippen LogP contribution in [-0.4, -0.2) is 45.0 Å². The zero-order valence-electron chi connectivity index (χ0n) is 19.0. The maximum Gasteiger partial charge on any atom is 0.245 e. The summed E-state index contributed by atoms with van der Waals surface area (Å²) in [6.45, 7) is 13.0. The topological polar surface area (TPSA) is 72.3 Å². The lowest BCUT2D eigenvalue weighted by Crippen LogP contribution is -2.40. The summed E-state index contributed by atoms with van der Waals surface area (Å²) in [5.41, 5.74) is 1.09. The number of fused-ring (bicyclic) bond motifs is 1. The average Bonchev–Trinajstić information content (AvgIpc) is 3.37. The van der Waals surface area contributed by atoms with Gasteiger partial charge in [0.2, 0.25) is 11.8 Å². The Bertz CT molecular complexity index is 1100. The predicted molar refractivity (Wildman–Crippen MR) is 130 cm³/mol. The van der Waals surface area contributed by atoms with E-state index in [1.54, 1.807) is 11.3 Å². The zero-order chi connectivity index (χ0) is 22.7. The molecule has 3 aromatic heterocycles. The highest BCUT2D eigenvalue weighted by atomic mass is 32.1. The smallest absolute Gasteiger partial charge is 0.245 e. The number of amides is 1. The van der Waals surface area contributed by atoms with Crippen LogP contribution in [0.3, 0.4) is 0 Å². The molecule has 1 aliphatic rings. The van der Waals surface area contributed by atoms with Crippen LogP contribution in [0.25, 0.3) is 10.9 Å². The Hall–Kier alpha value is -2.87. The van der Waals surface area contributed by atoms with E-state index in [0.29, 0.717) is 24.9 Å². The minimum atomic E-state index is -0.00841. The number of nitrogens with zero attached hydrogens (tertiary/aromatic N) is 4. The van der Waals surface area contributed by atoms with Gasteiger partial charge in [-0.1, -0.05) is 20.4 Å². The van der Waals surface area contributed by atoms with Crippen molar-refractivity contribution in [2.75, 3.05) is 25.0 Å². The van der Waals surface area contributed by atoms with E-state index in [4.69, 9.17) is 9.72 Å². The third-order valence-electron chi connectivity index (χ3n) is 5.61. The lowest BCUT2D eigenvalue weighted by molar-refractivity contribution is -0.127. The number of carbonyl (C=O) groups is 1. The molecular weight excluding hydrogens is 422 g/mol. The number of ether oxygens (including phenoxy) is 1. The highest BCUT2D eigenvalue weighted by molar-refractivity contribution is 7.15. The first kappa shape index (κ1) is 22.3. The number of aromatic nitrogens is 3. The molecule has 8 heteroatoms. The molecule has 1 N–H and O–H groups in total. The second-order valence-electron chi connectivity index (χ2n) is 8.82. The van der Waals surface area contributed by atoms with Crippen molar-refractivity contribution in [1.82, 2.24) is 19.4 Å². The molecule has 1 saturated heterocycles. The van der Waals surface area contributed by atoms with Crippen molar-refractivity contribution in [2.24, 2.45) is 11.8 Å². The third-order valence-corrected chi connectivity index (χ3v) is 6.44. The second kappa shape index (κ2) is 9.73. The second-order valence-corrected chi connectivity index (χ2v) is 10.1. The summed E-state index contributed by atoms with van der Waals surface area (Å²) in [6.07, 6.45) is 7.35. The molecule has 170 valence electrons. The Morgan fingerprint density at radius 3 is 3.03 bits per heavy atom. The number of piperidine rings is 1. The molecule has 0 bridgehead atoms. The van der Waals surface area contributed by atoms with E-state index in [1.807, 2.05) is 18.0 Å². The first-order valence-corrected chi connectivity index (χ1v) is 12.0. The molecule has 0 aliphatic carbocycles. The minimum absolute atomic E-state index is 0.00841. The fourth-order valence-electron chi connectivity index (χ4n) is 4.13. The van der Waals surface area contributed by atoms with Crippen LogP contribution in [-0.2, 0) is 11.3 Å². The Morgan fingerprint density at radius 2 is 2.31 bits per heavy atom. The molecule has 0 spiro atoms. The van der Waals surface area contributed by atoms with Crippen molar-refractivity contribution in [3.05, 3.63) is 42.1 Å². The molecule has 4 rings (SSSR count). The zero-order valence-corrected chi connectivity index (χ0v) is 19.8. The van der Waals surface area contributed by atoms with Gasteiger partial charge in [0, 0.05) is 48.9 Å². The van der Waals surface area contributed by atoms with Crippen molar-refractivity contribution in [3.8, 4) is 5.88 Å². The van der Waals surface area contributed by atoms with E-state index in [0.717, 1.165) is 52.7 Å². The van der Waals surface area contributed by atoms with Gasteiger partial charge in [-0.05, 0) is 37.8 Å². The van der Waals surface area contributed by atoms with Crippen LogP contribution in [0.1, 0.15) is 31.6 Å². The molecule has 1 fully saturated rings. The summed E-state index contributed by atoms with van der Waals surface area (Å²) in [5.74, 6) is 2.13. The Labute approximate surface area is 193 Å². The van der Waals surface area contributed by atoms with Crippen molar-refractivity contribution in [3.63, 3.8) is 0 Å². The molecule has 1 unspecified atom stereocenters. The Kier molecular flexibility index (Phi) is 6.79. The largest absolute Gasteiger partial charge is 0.477 e. The molecule has 1 aliphatic heterocycles. The summed E-state index contributed by atoms with van der Waals surface area (Å²) in [5, 5.41) is 5.15. The Balaban J connectivity index is 1.58. The first-order valence-electron chi connectivity index (χ1n) is 11.2. The number of anilines is 2. The van der Waals surface area contributed by atoms with Gasteiger partial charge in [0.25, 0.3) is 0 Å². The molecule has 1 amide bonds. The van der Waals surface area contributed by atoms with Gasteiger partial charge in [0.15, 0.2) is 5.13 Å². The van der Waals surface area contributed by atoms with Crippen LogP contribution < -0.4 is 10.1 Å². The molecular formula is C24H31N5O2S. The third kappa shape index (κ3) is 5.12. The maximum absolute atomic E-state index is 12.0. The lowest BCUT2D eigenvalue weighted by Gasteiger charge is -2.31. The van der Waals surface area contributed by atoms with Crippen LogP contribution in [0.2, 0.25) is 0 Å². The van der Waals surface area contributed by atoms with Crippen molar-refractivity contribution >= 4 is 39.1 Å². The molecule has 1 atom stereocenters. The fraction of sp³-hybridized carbons (Fsp3) is 0.458. The maximum atomic E-state index is 12.0. The Morgan fingerprint density at radius 1 is 1.47 bits per heavy atom. The summed E-state index contributed by atoms with van der Waals surface area (Å²) in [7, 11) is 0. The molecule has 0 aromatic carbocycles. The molecule has 3 aromatic rings. The highest BCUT2D eigenvalue weighted by Crippen LogP contribution is 2.31. The normalized spacial score (nSPS) is 16.5. The van der Waals surface area contributed by atoms with Gasteiger partial charge in [-0.2, -0.15) is 4.98 Å². The van der Waals surface area contributed by atoms with Gasteiger partial charge in [-0.25, -0.2) is 4.98 Å². The van der Waals surface area contributed by atoms with E-state index in [2.05, 4.69) is 53.6 Å². The number of rotatable bonds is 8. The number of hydrogen-bond donors (Lipinski definition) is 1. The van der Waals surface area contributed by atoms with Crippen LogP contribution in [0.4, 0.5) is 10.9 Å². The monoisotopic (exact) mass is 453 g/mol. The van der Waals surface area contributed by atoms with Crippen molar-refractivity contribution in [2.45, 2.75) is 40.2 Å². The number of nitrogens with one attached hydrogen (secondary N) is 1. The quantitative estimate of drug-likeness (QED) is 0.486. The SMILES string of the molecule is C=CC(=O)N1CCCC(COc2nc(Nc3ncc(C)s3)cc3c2ccn3CC(C)C)C1. The van der Waals surface area contributed by atoms with E-state index in [-0.39, 0.29) is 11.8 Å². The molecule has 4 heterocycles. The number of likely N-dealkylation sites (tertiary alicyclic amines) is 1. The van der Waals surface area contributed by atoms with Crippen LogP contribution in [0, 0.1) is 18.8 Å². The van der Waals surface area contributed by atoms with Gasteiger partial charge in [0.05, 0.1) is 17.5 Å². The van der Waals surface area contributed by atoms with Crippen LogP contribution in [0.5, 0.6) is 5.88 Å². The highest BCUT2D eigenvalue weighted by Gasteiger charge is 2.23. The fourth-order valence-corrected chi connectivity index (χ4v) is 4.81. The average molecular weight is 454 g/mol. The summed E-state index contributed by atoms with van der Waals surface area (Å²) in [4.78, 5) is 24.2. The van der Waals surface area contributed by atoms with Crippen molar-refractivity contribution in [1.29, 1.82) is 0 Å². The molecule has 32 heavy (non-hydrogen) atoms. The van der Waals surface area contributed by atoms with Gasteiger partial charge in [-0.15, -0.1) is 11.3 Å². The summed E-state index contributed by atoms with van der Waals surface area (Å²) in [6, 6.07) is 4.14. The van der Waals surface area contributed by atoms with Crippen molar-refractivity contribution < 1.29 is 9.53 Å². The first-order chi connectivity index (χ1) is 15.4. The van der Waals surface area contributed by atoms with E-state index >= 15 is 0 Å². The number of hydrogen-bond acceptors (Lipinski definition) is 6. The standard InChI is InChI=1S/C24H31N5O2S/c1-5-22(30)29-9-6-7-18(14-29)15-31-23-19-8-10-28(13-16(2)3)20(19)11-21(26-23)27-24-25-12-17(4)32-24/h5,8,10-12,16,18H,1,6-7,9,13-15H2,2-4H3,(H,25,26,27). The minimum Gasteiger partial charge on any atom is -0.477 e.